The summed E-state index contributed by atoms with van der Waals surface area (Å²) in [5, 5.41) is 2.93. The highest BCUT2D eigenvalue weighted by molar-refractivity contribution is 5.92. The third-order valence-corrected chi connectivity index (χ3v) is 2.74. The lowest BCUT2D eigenvalue weighted by atomic mass is 10.1. The van der Waals surface area contributed by atoms with E-state index in [1.54, 1.807) is 0 Å². The highest BCUT2D eigenvalue weighted by Crippen LogP contribution is 2.24. The lowest BCUT2D eigenvalue weighted by molar-refractivity contribution is 0.199. The van der Waals surface area contributed by atoms with Crippen LogP contribution in [0.3, 0.4) is 0 Å². The van der Waals surface area contributed by atoms with Gasteiger partial charge in [0.2, 0.25) is 0 Å². The number of fused-ring (bicyclic) bond motifs is 1. The van der Waals surface area contributed by atoms with Crippen molar-refractivity contribution in [3.63, 3.8) is 0 Å². The van der Waals surface area contributed by atoms with Crippen molar-refractivity contribution < 1.29 is 4.79 Å². The van der Waals surface area contributed by atoms with Gasteiger partial charge in [0, 0.05) is 18.8 Å². The van der Waals surface area contributed by atoms with Crippen LogP contribution in [0.25, 0.3) is 0 Å². The zero-order valence-corrected chi connectivity index (χ0v) is 10.1. The monoisotopic (exact) mass is 218 g/mol. The number of carbonyl (C=O) groups is 1. The predicted molar refractivity (Wildman–Crippen MR) is 65.4 cm³/mol. The molecule has 2 rings (SSSR count). The van der Waals surface area contributed by atoms with E-state index in [0.717, 1.165) is 18.8 Å². The molecule has 2 amide bonds. The number of nitrogens with one attached hydrogen (secondary N) is 1. The summed E-state index contributed by atoms with van der Waals surface area (Å²) >= 11 is 0. The van der Waals surface area contributed by atoms with E-state index in [1.165, 1.54) is 11.1 Å². The largest absolute Gasteiger partial charge is 0.322 e. The third kappa shape index (κ3) is 2.18. The van der Waals surface area contributed by atoms with Gasteiger partial charge >= 0.3 is 6.03 Å². The van der Waals surface area contributed by atoms with E-state index in [9.17, 15) is 4.79 Å². The van der Waals surface area contributed by atoms with E-state index in [0.29, 0.717) is 5.92 Å². The highest BCUT2D eigenvalue weighted by atomic mass is 16.2. The van der Waals surface area contributed by atoms with Crippen molar-refractivity contribution in [1.82, 2.24) is 4.90 Å². The van der Waals surface area contributed by atoms with E-state index in [4.69, 9.17) is 0 Å². The van der Waals surface area contributed by atoms with Gasteiger partial charge in [0.1, 0.15) is 0 Å². The molecule has 1 aromatic carbocycles. The molecular formula is C13H18N2O. The second-order valence-electron chi connectivity index (χ2n) is 4.87. The van der Waals surface area contributed by atoms with Gasteiger partial charge in [-0.3, -0.25) is 0 Å². The van der Waals surface area contributed by atoms with Crippen molar-refractivity contribution in [1.29, 1.82) is 0 Å². The van der Waals surface area contributed by atoms with Crippen LogP contribution in [0.2, 0.25) is 0 Å². The summed E-state index contributed by atoms with van der Waals surface area (Å²) in [7, 11) is 0. The molecule has 1 N–H and O–H groups in total. The number of amides is 2. The molecule has 0 aromatic heterocycles. The van der Waals surface area contributed by atoms with Crippen LogP contribution in [-0.2, 0) is 6.54 Å². The molecule has 0 saturated carbocycles. The van der Waals surface area contributed by atoms with Crippen molar-refractivity contribution in [2.24, 2.45) is 5.92 Å². The lowest BCUT2D eigenvalue weighted by Gasteiger charge is -2.30. The van der Waals surface area contributed by atoms with E-state index in [2.05, 4.69) is 32.2 Å². The van der Waals surface area contributed by atoms with Crippen LogP contribution in [0, 0.1) is 12.8 Å². The summed E-state index contributed by atoms with van der Waals surface area (Å²) in [5.41, 5.74) is 3.40. The van der Waals surface area contributed by atoms with Gasteiger partial charge in [-0.15, -0.1) is 0 Å². The fourth-order valence-corrected chi connectivity index (χ4v) is 2.04. The van der Waals surface area contributed by atoms with E-state index < -0.39 is 0 Å². The molecule has 0 aliphatic carbocycles. The number of anilines is 1. The van der Waals surface area contributed by atoms with Crippen molar-refractivity contribution in [3.05, 3.63) is 29.3 Å². The molecule has 0 spiro atoms. The number of hydrogen-bond donors (Lipinski definition) is 1. The predicted octanol–water partition coefficient (Wildman–Crippen LogP) is 3.00. The first-order chi connectivity index (χ1) is 7.56. The Kier molecular flexibility index (Phi) is 2.86. The van der Waals surface area contributed by atoms with Crippen molar-refractivity contribution >= 4 is 11.7 Å². The molecule has 0 bridgehead atoms. The van der Waals surface area contributed by atoms with Gasteiger partial charge in [0.25, 0.3) is 0 Å². The van der Waals surface area contributed by atoms with Gasteiger partial charge in [-0.1, -0.05) is 31.5 Å². The summed E-state index contributed by atoms with van der Waals surface area (Å²) in [6, 6.07) is 6.17. The van der Waals surface area contributed by atoms with Crippen LogP contribution in [0.1, 0.15) is 25.0 Å². The lowest BCUT2D eigenvalue weighted by Crippen LogP contribution is -2.40. The maximum atomic E-state index is 11.8. The average molecular weight is 218 g/mol. The summed E-state index contributed by atoms with van der Waals surface area (Å²) < 4.78 is 0. The standard InChI is InChI=1S/C13H18N2O/c1-9(2)7-15-8-11-6-10(3)4-5-12(11)14-13(15)16/h4-6,9H,7-8H2,1-3H3,(H,14,16). The molecule has 3 heteroatoms. The molecule has 16 heavy (non-hydrogen) atoms. The van der Waals surface area contributed by atoms with Crippen molar-refractivity contribution in [2.75, 3.05) is 11.9 Å². The minimum atomic E-state index is 0.0186. The fraction of sp³-hybridized carbons (Fsp3) is 0.462. The Morgan fingerprint density at radius 3 is 2.88 bits per heavy atom. The van der Waals surface area contributed by atoms with Crippen LogP contribution in [0.4, 0.5) is 10.5 Å². The van der Waals surface area contributed by atoms with Crippen LogP contribution in [0.15, 0.2) is 18.2 Å². The molecule has 0 unspecified atom stereocenters. The number of aryl methyl sites for hydroxylation is 1. The van der Waals surface area contributed by atoms with Gasteiger partial charge in [-0.25, -0.2) is 4.79 Å². The van der Waals surface area contributed by atoms with Crippen molar-refractivity contribution in [3.8, 4) is 0 Å². The molecule has 86 valence electrons. The van der Waals surface area contributed by atoms with Crippen LogP contribution < -0.4 is 5.32 Å². The first kappa shape index (κ1) is 11.0. The molecule has 3 nitrogen and oxygen atoms in total. The molecule has 1 aliphatic rings. The summed E-state index contributed by atoms with van der Waals surface area (Å²) in [6.07, 6.45) is 0. The molecular weight excluding hydrogens is 200 g/mol. The molecule has 1 heterocycles. The number of urea groups is 1. The Labute approximate surface area is 96.5 Å². The van der Waals surface area contributed by atoms with E-state index in [-0.39, 0.29) is 6.03 Å². The van der Waals surface area contributed by atoms with E-state index >= 15 is 0 Å². The number of rotatable bonds is 2. The number of benzene rings is 1. The molecule has 1 aliphatic heterocycles. The number of hydrogen-bond acceptors (Lipinski definition) is 1. The highest BCUT2D eigenvalue weighted by Gasteiger charge is 2.22. The van der Waals surface area contributed by atoms with Gasteiger partial charge in [0.05, 0.1) is 0 Å². The minimum absolute atomic E-state index is 0.0186. The SMILES string of the molecule is Cc1ccc2c(c1)CN(CC(C)C)C(=O)N2. The van der Waals surface area contributed by atoms with Gasteiger partial charge in [-0.05, 0) is 24.5 Å². The van der Waals surface area contributed by atoms with Gasteiger partial charge < -0.3 is 10.2 Å². The number of carbonyl (C=O) groups excluding carboxylic acids is 1. The van der Waals surface area contributed by atoms with Crippen LogP contribution in [-0.4, -0.2) is 17.5 Å². The number of nitrogens with zero attached hydrogens (tertiary/aromatic N) is 1. The van der Waals surface area contributed by atoms with Crippen molar-refractivity contribution in [2.45, 2.75) is 27.3 Å². The maximum Gasteiger partial charge on any atom is 0.322 e. The Morgan fingerprint density at radius 1 is 1.44 bits per heavy atom. The zero-order chi connectivity index (χ0) is 11.7. The first-order valence-corrected chi connectivity index (χ1v) is 5.71. The molecule has 0 radical (unpaired) electrons. The Balaban J connectivity index is 2.22. The smallest absolute Gasteiger partial charge is 0.320 e. The Bertz CT molecular complexity index is 412. The first-order valence-electron chi connectivity index (χ1n) is 5.71. The fourth-order valence-electron chi connectivity index (χ4n) is 2.04. The van der Waals surface area contributed by atoms with Gasteiger partial charge in [-0.2, -0.15) is 0 Å². The Hall–Kier alpha value is -1.51. The topological polar surface area (TPSA) is 32.3 Å². The van der Waals surface area contributed by atoms with E-state index in [1.807, 2.05) is 17.0 Å². The maximum absolute atomic E-state index is 11.8. The van der Waals surface area contributed by atoms with Gasteiger partial charge in [0.15, 0.2) is 0 Å². The third-order valence-electron chi connectivity index (χ3n) is 2.74. The quantitative estimate of drug-likeness (QED) is 0.813. The summed E-state index contributed by atoms with van der Waals surface area (Å²) in [4.78, 5) is 13.7. The Morgan fingerprint density at radius 2 is 2.19 bits per heavy atom. The molecule has 0 fully saturated rings. The van der Waals surface area contributed by atoms with Crippen LogP contribution in [0.5, 0.6) is 0 Å². The van der Waals surface area contributed by atoms with Crippen LogP contribution >= 0.6 is 0 Å². The average Bonchev–Trinajstić information content (AvgIpc) is 2.19. The second kappa shape index (κ2) is 4.16. The summed E-state index contributed by atoms with van der Waals surface area (Å²) in [5.74, 6) is 0.497. The molecule has 0 saturated heterocycles. The zero-order valence-electron chi connectivity index (χ0n) is 10.1. The normalized spacial score (nSPS) is 15.0. The second-order valence-corrected chi connectivity index (χ2v) is 4.87. The minimum Gasteiger partial charge on any atom is -0.320 e. The molecule has 1 aromatic rings. The summed E-state index contributed by atoms with van der Waals surface area (Å²) in [6.45, 7) is 7.85. The molecule has 0 atom stereocenters.